The van der Waals surface area contributed by atoms with E-state index in [1.165, 1.54) is 0 Å². The summed E-state index contributed by atoms with van der Waals surface area (Å²) in [6.45, 7) is 0. The molecule has 0 aliphatic carbocycles. The SMILES string of the molecule is COc1cccc(NC(=O)Nc2ccc(N)cc2)c1. The number of benzene rings is 2. The van der Waals surface area contributed by atoms with Crippen molar-refractivity contribution in [1.29, 1.82) is 0 Å². The smallest absolute Gasteiger partial charge is 0.323 e. The second kappa shape index (κ2) is 5.77. The first kappa shape index (κ1) is 12.8. The van der Waals surface area contributed by atoms with Gasteiger partial charge in [-0.25, -0.2) is 4.79 Å². The van der Waals surface area contributed by atoms with Crippen molar-refractivity contribution in [3.8, 4) is 5.75 Å². The van der Waals surface area contributed by atoms with Crippen LogP contribution in [0, 0.1) is 0 Å². The van der Waals surface area contributed by atoms with Crippen LogP contribution in [0.5, 0.6) is 5.75 Å². The Hall–Kier alpha value is -2.69. The summed E-state index contributed by atoms with van der Waals surface area (Å²) in [5.41, 5.74) is 7.56. The van der Waals surface area contributed by atoms with Crippen LogP contribution in [0.15, 0.2) is 48.5 Å². The van der Waals surface area contributed by atoms with Gasteiger partial charge in [0.2, 0.25) is 0 Å². The Morgan fingerprint density at radius 3 is 2.42 bits per heavy atom. The summed E-state index contributed by atoms with van der Waals surface area (Å²) in [7, 11) is 1.58. The molecular formula is C14H15N3O2. The molecule has 0 aliphatic rings. The molecule has 5 heteroatoms. The fraction of sp³-hybridized carbons (Fsp3) is 0.0714. The van der Waals surface area contributed by atoms with E-state index in [0.717, 1.165) is 0 Å². The molecule has 0 saturated heterocycles. The highest BCUT2D eigenvalue weighted by atomic mass is 16.5. The van der Waals surface area contributed by atoms with Gasteiger partial charge < -0.3 is 21.1 Å². The van der Waals surface area contributed by atoms with Gasteiger partial charge >= 0.3 is 6.03 Å². The van der Waals surface area contributed by atoms with E-state index in [4.69, 9.17) is 10.5 Å². The van der Waals surface area contributed by atoms with E-state index in [9.17, 15) is 4.79 Å². The van der Waals surface area contributed by atoms with Crippen LogP contribution in [0.1, 0.15) is 0 Å². The quantitative estimate of drug-likeness (QED) is 0.740. The number of ether oxygens (including phenoxy) is 1. The van der Waals surface area contributed by atoms with Crippen molar-refractivity contribution in [2.75, 3.05) is 23.5 Å². The van der Waals surface area contributed by atoms with Crippen LogP contribution < -0.4 is 21.1 Å². The fourth-order valence-electron chi connectivity index (χ4n) is 1.56. The predicted octanol–water partition coefficient (Wildman–Crippen LogP) is 2.92. The molecular weight excluding hydrogens is 242 g/mol. The Morgan fingerprint density at radius 1 is 1.05 bits per heavy atom. The first-order chi connectivity index (χ1) is 9.17. The summed E-state index contributed by atoms with van der Waals surface area (Å²) < 4.78 is 5.08. The van der Waals surface area contributed by atoms with E-state index < -0.39 is 0 Å². The van der Waals surface area contributed by atoms with Gasteiger partial charge in [0, 0.05) is 23.1 Å². The zero-order chi connectivity index (χ0) is 13.7. The zero-order valence-electron chi connectivity index (χ0n) is 10.5. The molecule has 2 amide bonds. The van der Waals surface area contributed by atoms with Gasteiger partial charge in [-0.1, -0.05) is 6.07 Å². The molecule has 0 saturated carbocycles. The van der Waals surface area contributed by atoms with Gasteiger partial charge in [-0.3, -0.25) is 0 Å². The molecule has 4 N–H and O–H groups in total. The number of nitrogen functional groups attached to an aromatic ring is 1. The van der Waals surface area contributed by atoms with Crippen molar-refractivity contribution in [3.63, 3.8) is 0 Å². The third kappa shape index (κ3) is 3.64. The van der Waals surface area contributed by atoms with Gasteiger partial charge in [-0.15, -0.1) is 0 Å². The van der Waals surface area contributed by atoms with Crippen LogP contribution in [0.4, 0.5) is 21.9 Å². The first-order valence-electron chi connectivity index (χ1n) is 5.75. The van der Waals surface area contributed by atoms with E-state index in [1.54, 1.807) is 49.6 Å². The molecule has 0 spiro atoms. The highest BCUT2D eigenvalue weighted by Gasteiger charge is 2.03. The fourth-order valence-corrected chi connectivity index (χ4v) is 1.56. The van der Waals surface area contributed by atoms with Crippen LogP contribution >= 0.6 is 0 Å². The number of carbonyl (C=O) groups is 1. The van der Waals surface area contributed by atoms with E-state index in [2.05, 4.69) is 10.6 Å². The van der Waals surface area contributed by atoms with Crippen LogP contribution in [0.25, 0.3) is 0 Å². The molecule has 0 fully saturated rings. The maximum absolute atomic E-state index is 11.8. The van der Waals surface area contributed by atoms with Crippen molar-refractivity contribution in [2.24, 2.45) is 0 Å². The average molecular weight is 257 g/mol. The number of nitrogens with one attached hydrogen (secondary N) is 2. The number of rotatable bonds is 3. The number of hydrogen-bond donors (Lipinski definition) is 3. The number of hydrogen-bond acceptors (Lipinski definition) is 3. The molecule has 0 bridgehead atoms. The van der Waals surface area contributed by atoms with E-state index in [-0.39, 0.29) is 6.03 Å². The molecule has 2 rings (SSSR count). The van der Waals surface area contributed by atoms with Crippen molar-refractivity contribution < 1.29 is 9.53 Å². The maximum atomic E-state index is 11.8. The number of methoxy groups -OCH3 is 1. The minimum atomic E-state index is -0.321. The summed E-state index contributed by atoms with van der Waals surface area (Å²) in [5.74, 6) is 0.685. The molecule has 2 aromatic carbocycles. The summed E-state index contributed by atoms with van der Waals surface area (Å²) in [5, 5.41) is 5.43. The molecule has 0 atom stereocenters. The summed E-state index contributed by atoms with van der Waals surface area (Å²) in [6, 6.07) is 13.7. The molecule has 0 radical (unpaired) electrons. The molecule has 0 aliphatic heterocycles. The van der Waals surface area contributed by atoms with Gasteiger partial charge in [-0.2, -0.15) is 0 Å². The van der Waals surface area contributed by atoms with Gasteiger partial charge in [0.25, 0.3) is 0 Å². The second-order valence-electron chi connectivity index (χ2n) is 3.93. The van der Waals surface area contributed by atoms with Gasteiger partial charge in [0.15, 0.2) is 0 Å². The lowest BCUT2D eigenvalue weighted by atomic mass is 10.3. The lowest BCUT2D eigenvalue weighted by Crippen LogP contribution is -2.19. The predicted molar refractivity (Wildman–Crippen MR) is 76.5 cm³/mol. The number of carbonyl (C=O) groups excluding carboxylic acids is 1. The molecule has 19 heavy (non-hydrogen) atoms. The van der Waals surface area contributed by atoms with Gasteiger partial charge in [0.05, 0.1) is 7.11 Å². The molecule has 0 aromatic heterocycles. The van der Waals surface area contributed by atoms with Crippen LogP contribution in [-0.2, 0) is 0 Å². The first-order valence-corrected chi connectivity index (χ1v) is 5.75. The summed E-state index contributed by atoms with van der Waals surface area (Å²) in [6.07, 6.45) is 0. The zero-order valence-corrected chi connectivity index (χ0v) is 10.5. The Labute approximate surface area is 111 Å². The van der Waals surface area contributed by atoms with Crippen LogP contribution in [-0.4, -0.2) is 13.1 Å². The Morgan fingerprint density at radius 2 is 1.74 bits per heavy atom. The lowest BCUT2D eigenvalue weighted by molar-refractivity contribution is 0.262. The van der Waals surface area contributed by atoms with Crippen LogP contribution in [0.2, 0.25) is 0 Å². The molecule has 98 valence electrons. The van der Waals surface area contributed by atoms with Crippen molar-refractivity contribution in [3.05, 3.63) is 48.5 Å². The van der Waals surface area contributed by atoms with Gasteiger partial charge in [0.1, 0.15) is 5.75 Å². The Bertz CT molecular complexity index is 567. The third-order valence-electron chi connectivity index (χ3n) is 2.50. The number of nitrogens with two attached hydrogens (primary N) is 1. The van der Waals surface area contributed by atoms with Gasteiger partial charge in [-0.05, 0) is 36.4 Å². The number of amides is 2. The standard InChI is InChI=1S/C14H15N3O2/c1-19-13-4-2-3-12(9-13)17-14(18)16-11-7-5-10(15)6-8-11/h2-9H,15H2,1H3,(H2,16,17,18). The Balaban J connectivity index is 1.99. The summed E-state index contributed by atoms with van der Waals surface area (Å²) >= 11 is 0. The van der Waals surface area contributed by atoms with E-state index in [0.29, 0.717) is 22.8 Å². The highest BCUT2D eigenvalue weighted by molar-refractivity contribution is 5.99. The highest BCUT2D eigenvalue weighted by Crippen LogP contribution is 2.17. The number of urea groups is 1. The van der Waals surface area contributed by atoms with Crippen molar-refractivity contribution in [1.82, 2.24) is 0 Å². The van der Waals surface area contributed by atoms with E-state index >= 15 is 0 Å². The largest absolute Gasteiger partial charge is 0.497 e. The van der Waals surface area contributed by atoms with E-state index in [1.807, 2.05) is 6.07 Å². The minimum absolute atomic E-state index is 0.321. The monoisotopic (exact) mass is 257 g/mol. The molecule has 5 nitrogen and oxygen atoms in total. The molecule has 0 unspecified atom stereocenters. The Kier molecular flexibility index (Phi) is 3.87. The third-order valence-corrected chi connectivity index (χ3v) is 2.50. The summed E-state index contributed by atoms with van der Waals surface area (Å²) in [4.78, 5) is 11.8. The van der Waals surface area contributed by atoms with Crippen molar-refractivity contribution in [2.45, 2.75) is 0 Å². The maximum Gasteiger partial charge on any atom is 0.323 e. The second-order valence-corrected chi connectivity index (χ2v) is 3.93. The molecule has 2 aromatic rings. The lowest BCUT2D eigenvalue weighted by Gasteiger charge is -2.08. The average Bonchev–Trinajstić information content (AvgIpc) is 2.41. The minimum Gasteiger partial charge on any atom is -0.497 e. The van der Waals surface area contributed by atoms with Crippen LogP contribution in [0.3, 0.4) is 0 Å². The topological polar surface area (TPSA) is 76.4 Å². The number of anilines is 3. The molecule has 0 heterocycles. The van der Waals surface area contributed by atoms with Crippen molar-refractivity contribution >= 4 is 23.1 Å². The normalized spacial score (nSPS) is 9.74.